The molecule has 0 spiro atoms. The molecule has 3 atom stereocenters. The molecule has 0 nitrogen and oxygen atoms in total. The summed E-state index contributed by atoms with van der Waals surface area (Å²) >= 11 is 0. The van der Waals surface area contributed by atoms with Gasteiger partial charge in [-0.15, -0.1) is 0 Å². The highest BCUT2D eigenvalue weighted by atomic mass is 14.2. The third kappa shape index (κ3) is 2.36. The Balaban J connectivity index is 2.32. The van der Waals surface area contributed by atoms with Gasteiger partial charge in [0.25, 0.3) is 0 Å². The molecule has 64 valence electrons. The summed E-state index contributed by atoms with van der Waals surface area (Å²) in [7, 11) is 0. The van der Waals surface area contributed by atoms with Crippen molar-refractivity contribution in [1.82, 2.24) is 0 Å². The van der Waals surface area contributed by atoms with Crippen LogP contribution in [0.5, 0.6) is 0 Å². The van der Waals surface area contributed by atoms with Crippen LogP contribution in [0, 0.1) is 17.8 Å². The molecule has 0 aromatic rings. The van der Waals surface area contributed by atoms with Crippen LogP contribution in [0.4, 0.5) is 0 Å². The van der Waals surface area contributed by atoms with E-state index in [1.54, 1.807) is 0 Å². The van der Waals surface area contributed by atoms with E-state index in [-0.39, 0.29) is 0 Å². The van der Waals surface area contributed by atoms with Crippen LogP contribution in [-0.2, 0) is 0 Å². The minimum atomic E-state index is 0.833. The zero-order valence-electron chi connectivity index (χ0n) is 8.01. The Labute approximate surface area is 70.7 Å². The van der Waals surface area contributed by atoms with Crippen molar-refractivity contribution in [2.75, 3.05) is 0 Å². The first-order chi connectivity index (χ1) is 5.24. The van der Waals surface area contributed by atoms with Gasteiger partial charge in [-0.25, -0.2) is 0 Å². The lowest BCUT2D eigenvalue weighted by atomic mass is 9.88. The van der Waals surface area contributed by atoms with Crippen molar-refractivity contribution in [1.29, 1.82) is 0 Å². The van der Waals surface area contributed by atoms with Crippen molar-refractivity contribution >= 4 is 0 Å². The SMILES string of the molecule is CCCC(C)C1C=CC(C)C1. The average Bonchev–Trinajstić information content (AvgIpc) is 2.36. The molecule has 0 aromatic carbocycles. The molecule has 0 saturated heterocycles. The Morgan fingerprint density at radius 2 is 2.18 bits per heavy atom. The molecule has 0 heteroatoms. The fourth-order valence-corrected chi connectivity index (χ4v) is 2.01. The molecule has 0 N–H and O–H groups in total. The van der Waals surface area contributed by atoms with Gasteiger partial charge in [0, 0.05) is 0 Å². The zero-order valence-corrected chi connectivity index (χ0v) is 8.01. The van der Waals surface area contributed by atoms with Gasteiger partial charge in [0.15, 0.2) is 0 Å². The van der Waals surface area contributed by atoms with Crippen LogP contribution in [-0.4, -0.2) is 0 Å². The fourth-order valence-electron chi connectivity index (χ4n) is 2.01. The fraction of sp³-hybridized carbons (Fsp3) is 0.818. The van der Waals surface area contributed by atoms with Gasteiger partial charge in [-0.05, 0) is 24.2 Å². The maximum atomic E-state index is 2.42. The summed E-state index contributed by atoms with van der Waals surface area (Å²) in [5, 5.41) is 0. The van der Waals surface area contributed by atoms with E-state index < -0.39 is 0 Å². The summed E-state index contributed by atoms with van der Waals surface area (Å²) < 4.78 is 0. The van der Waals surface area contributed by atoms with E-state index in [2.05, 4.69) is 32.9 Å². The molecule has 3 unspecified atom stereocenters. The molecule has 1 rings (SSSR count). The average molecular weight is 152 g/mol. The maximum absolute atomic E-state index is 2.42. The van der Waals surface area contributed by atoms with Crippen LogP contribution in [0.2, 0.25) is 0 Å². The second-order valence-electron chi connectivity index (χ2n) is 4.03. The first-order valence-electron chi connectivity index (χ1n) is 4.92. The Morgan fingerprint density at radius 3 is 2.64 bits per heavy atom. The normalized spacial score (nSPS) is 32.6. The summed E-state index contributed by atoms with van der Waals surface area (Å²) in [4.78, 5) is 0. The zero-order chi connectivity index (χ0) is 8.27. The van der Waals surface area contributed by atoms with Gasteiger partial charge < -0.3 is 0 Å². The van der Waals surface area contributed by atoms with E-state index in [1.165, 1.54) is 19.3 Å². The van der Waals surface area contributed by atoms with Crippen LogP contribution in [0.1, 0.15) is 40.0 Å². The van der Waals surface area contributed by atoms with Crippen molar-refractivity contribution in [2.45, 2.75) is 40.0 Å². The Morgan fingerprint density at radius 1 is 1.45 bits per heavy atom. The molecule has 0 aliphatic heterocycles. The lowest BCUT2D eigenvalue weighted by Gasteiger charge is -2.17. The summed E-state index contributed by atoms with van der Waals surface area (Å²) in [5.41, 5.74) is 0. The lowest BCUT2D eigenvalue weighted by molar-refractivity contribution is 0.371. The van der Waals surface area contributed by atoms with Crippen LogP contribution in [0.25, 0.3) is 0 Å². The van der Waals surface area contributed by atoms with Crippen molar-refractivity contribution in [2.24, 2.45) is 17.8 Å². The minimum absolute atomic E-state index is 0.833. The van der Waals surface area contributed by atoms with Crippen LogP contribution >= 0.6 is 0 Å². The number of hydrogen-bond donors (Lipinski definition) is 0. The quantitative estimate of drug-likeness (QED) is 0.542. The van der Waals surface area contributed by atoms with Crippen molar-refractivity contribution in [3.05, 3.63) is 12.2 Å². The highest BCUT2D eigenvalue weighted by Crippen LogP contribution is 2.31. The standard InChI is InChI=1S/C11H20/c1-4-5-10(3)11-7-6-9(2)8-11/h6-7,9-11H,4-5,8H2,1-3H3. The van der Waals surface area contributed by atoms with Crippen molar-refractivity contribution in [3.63, 3.8) is 0 Å². The van der Waals surface area contributed by atoms with Crippen molar-refractivity contribution in [3.8, 4) is 0 Å². The molecule has 0 aromatic heterocycles. The minimum Gasteiger partial charge on any atom is -0.0854 e. The van der Waals surface area contributed by atoms with E-state index in [4.69, 9.17) is 0 Å². The van der Waals surface area contributed by atoms with Crippen LogP contribution < -0.4 is 0 Å². The first kappa shape index (κ1) is 8.83. The third-order valence-electron chi connectivity index (χ3n) is 2.81. The molecular formula is C11H20. The van der Waals surface area contributed by atoms with Crippen molar-refractivity contribution < 1.29 is 0 Å². The third-order valence-corrected chi connectivity index (χ3v) is 2.81. The molecule has 0 fully saturated rings. The van der Waals surface area contributed by atoms with Crippen LogP contribution in [0.3, 0.4) is 0 Å². The van der Waals surface area contributed by atoms with E-state index in [1.807, 2.05) is 0 Å². The summed E-state index contributed by atoms with van der Waals surface area (Å²) in [6, 6.07) is 0. The molecule has 1 aliphatic rings. The van der Waals surface area contributed by atoms with Gasteiger partial charge in [0.2, 0.25) is 0 Å². The monoisotopic (exact) mass is 152 g/mol. The lowest BCUT2D eigenvalue weighted by Crippen LogP contribution is -2.07. The topological polar surface area (TPSA) is 0 Å². The Bertz CT molecular complexity index is 135. The van der Waals surface area contributed by atoms with Gasteiger partial charge in [-0.1, -0.05) is 45.8 Å². The number of hydrogen-bond acceptors (Lipinski definition) is 0. The van der Waals surface area contributed by atoms with Gasteiger partial charge in [-0.3, -0.25) is 0 Å². The van der Waals surface area contributed by atoms with Gasteiger partial charge >= 0.3 is 0 Å². The highest BCUT2D eigenvalue weighted by Gasteiger charge is 2.19. The first-order valence-corrected chi connectivity index (χ1v) is 4.92. The molecule has 1 aliphatic carbocycles. The molecule has 11 heavy (non-hydrogen) atoms. The summed E-state index contributed by atoms with van der Waals surface area (Å²) in [5.74, 6) is 2.62. The summed E-state index contributed by atoms with van der Waals surface area (Å²) in [6.07, 6.45) is 8.91. The molecule has 0 amide bonds. The largest absolute Gasteiger partial charge is 0.0854 e. The molecule has 0 saturated carbocycles. The number of rotatable bonds is 3. The Hall–Kier alpha value is -0.260. The maximum Gasteiger partial charge on any atom is -0.0202 e. The molecule has 0 heterocycles. The van der Waals surface area contributed by atoms with Gasteiger partial charge in [0.1, 0.15) is 0 Å². The predicted octanol–water partition coefficient (Wildman–Crippen LogP) is 3.63. The van der Waals surface area contributed by atoms with E-state index in [0.717, 1.165) is 17.8 Å². The van der Waals surface area contributed by atoms with Crippen LogP contribution in [0.15, 0.2) is 12.2 Å². The summed E-state index contributed by atoms with van der Waals surface area (Å²) in [6.45, 7) is 6.98. The van der Waals surface area contributed by atoms with Gasteiger partial charge in [-0.2, -0.15) is 0 Å². The molecular weight excluding hydrogens is 132 g/mol. The van der Waals surface area contributed by atoms with Gasteiger partial charge in [0.05, 0.1) is 0 Å². The smallest absolute Gasteiger partial charge is 0.0202 e. The van der Waals surface area contributed by atoms with E-state index in [9.17, 15) is 0 Å². The van der Waals surface area contributed by atoms with E-state index in [0.29, 0.717) is 0 Å². The second kappa shape index (κ2) is 3.94. The number of allylic oxidation sites excluding steroid dienone is 2. The van der Waals surface area contributed by atoms with E-state index >= 15 is 0 Å². The second-order valence-corrected chi connectivity index (χ2v) is 4.03. The Kier molecular flexibility index (Phi) is 3.16. The molecule has 0 radical (unpaired) electrons. The predicted molar refractivity (Wildman–Crippen MR) is 50.5 cm³/mol. The highest BCUT2D eigenvalue weighted by molar-refractivity contribution is 5.01. The molecule has 0 bridgehead atoms.